The maximum Gasteiger partial charge on any atom is 0.262 e. The van der Waals surface area contributed by atoms with Gasteiger partial charge < -0.3 is 20.1 Å². The molecular weight excluding hydrogens is 334 g/mol. The lowest BCUT2D eigenvalue weighted by atomic mass is 10.2. The summed E-state index contributed by atoms with van der Waals surface area (Å²) in [6.45, 7) is 2.12. The number of aromatic nitrogens is 1. The number of fused-ring (bicyclic) bond motifs is 1. The largest absolute Gasteiger partial charge is 0.482 e. The molecule has 0 spiro atoms. The van der Waals surface area contributed by atoms with Crippen LogP contribution in [0.1, 0.15) is 17.3 Å². The second kappa shape index (κ2) is 6.76. The first kappa shape index (κ1) is 16.1. The molecule has 0 atom stereocenters. The highest BCUT2D eigenvalue weighted by atomic mass is 35.5. The second-order valence-electron chi connectivity index (χ2n) is 4.91. The Kier molecular flexibility index (Phi) is 4.52. The third-order valence-corrected chi connectivity index (χ3v) is 3.56. The van der Waals surface area contributed by atoms with E-state index in [4.69, 9.17) is 21.1 Å². The van der Waals surface area contributed by atoms with Gasteiger partial charge in [0.2, 0.25) is 5.88 Å². The molecule has 124 valence electrons. The Morgan fingerprint density at radius 3 is 3.12 bits per heavy atom. The van der Waals surface area contributed by atoms with Crippen molar-refractivity contribution in [2.75, 3.05) is 23.8 Å². The van der Waals surface area contributed by atoms with Crippen molar-refractivity contribution in [3.8, 4) is 11.6 Å². The number of rotatable bonds is 4. The van der Waals surface area contributed by atoms with Gasteiger partial charge in [0.15, 0.2) is 6.61 Å². The van der Waals surface area contributed by atoms with E-state index in [2.05, 4.69) is 15.6 Å². The number of amides is 2. The monoisotopic (exact) mass is 347 g/mol. The van der Waals surface area contributed by atoms with Crippen molar-refractivity contribution in [1.82, 2.24) is 4.98 Å². The first-order chi connectivity index (χ1) is 11.6. The predicted octanol–water partition coefficient (Wildman–Crippen LogP) is 2.72. The van der Waals surface area contributed by atoms with E-state index < -0.39 is 5.91 Å². The Balaban J connectivity index is 1.86. The summed E-state index contributed by atoms with van der Waals surface area (Å²) in [4.78, 5) is 27.8. The number of pyridine rings is 1. The van der Waals surface area contributed by atoms with Gasteiger partial charge in [0.25, 0.3) is 11.8 Å². The van der Waals surface area contributed by atoms with Gasteiger partial charge in [-0.15, -0.1) is 0 Å². The molecule has 1 aromatic heterocycles. The van der Waals surface area contributed by atoms with Gasteiger partial charge in [-0.05, 0) is 25.1 Å². The molecule has 0 fully saturated rings. The molecule has 1 aromatic carbocycles. The molecule has 0 radical (unpaired) electrons. The van der Waals surface area contributed by atoms with Crippen LogP contribution in [0.5, 0.6) is 11.6 Å². The zero-order chi connectivity index (χ0) is 17.1. The first-order valence-electron chi connectivity index (χ1n) is 7.24. The lowest BCUT2D eigenvalue weighted by molar-refractivity contribution is -0.118. The Morgan fingerprint density at radius 2 is 2.33 bits per heavy atom. The summed E-state index contributed by atoms with van der Waals surface area (Å²) in [5.41, 5.74) is 1.12. The molecule has 2 aromatic rings. The topological polar surface area (TPSA) is 89.5 Å². The molecule has 1 aliphatic rings. The van der Waals surface area contributed by atoms with Crippen molar-refractivity contribution in [3.05, 3.63) is 41.0 Å². The number of hydrogen-bond donors (Lipinski definition) is 2. The summed E-state index contributed by atoms with van der Waals surface area (Å²) in [6, 6.07) is 6.34. The molecule has 0 bridgehead atoms. The van der Waals surface area contributed by atoms with Gasteiger partial charge in [-0.3, -0.25) is 9.59 Å². The number of carbonyl (C=O) groups excluding carboxylic acids is 2. The van der Waals surface area contributed by atoms with Crippen LogP contribution in [0.25, 0.3) is 0 Å². The molecule has 2 N–H and O–H groups in total. The highest BCUT2D eigenvalue weighted by molar-refractivity contribution is 6.34. The predicted molar refractivity (Wildman–Crippen MR) is 88.9 cm³/mol. The van der Waals surface area contributed by atoms with Crippen LogP contribution in [0, 0.1) is 0 Å². The van der Waals surface area contributed by atoms with Crippen LogP contribution in [0.2, 0.25) is 5.02 Å². The third-order valence-electron chi connectivity index (χ3n) is 3.25. The second-order valence-corrected chi connectivity index (χ2v) is 5.32. The van der Waals surface area contributed by atoms with Crippen molar-refractivity contribution in [1.29, 1.82) is 0 Å². The van der Waals surface area contributed by atoms with E-state index in [0.29, 0.717) is 29.3 Å². The minimum Gasteiger partial charge on any atom is -0.482 e. The number of benzene rings is 1. The van der Waals surface area contributed by atoms with Gasteiger partial charge in [0, 0.05) is 12.3 Å². The molecule has 7 nitrogen and oxygen atoms in total. The van der Waals surface area contributed by atoms with Gasteiger partial charge in [-0.1, -0.05) is 11.6 Å². The quantitative estimate of drug-likeness (QED) is 0.887. The molecule has 2 heterocycles. The average Bonchev–Trinajstić information content (AvgIpc) is 2.56. The minimum absolute atomic E-state index is 0.0842. The number of hydrogen-bond acceptors (Lipinski definition) is 5. The molecule has 24 heavy (non-hydrogen) atoms. The molecule has 1 aliphatic heterocycles. The smallest absolute Gasteiger partial charge is 0.262 e. The molecule has 2 amide bonds. The Hall–Kier alpha value is -2.80. The van der Waals surface area contributed by atoms with Crippen LogP contribution >= 0.6 is 11.6 Å². The van der Waals surface area contributed by atoms with Crippen molar-refractivity contribution in [2.24, 2.45) is 0 Å². The molecular formula is C16H14ClN3O4. The lowest BCUT2D eigenvalue weighted by Gasteiger charge is -2.19. The fraction of sp³-hybridized carbons (Fsp3) is 0.188. The van der Waals surface area contributed by atoms with Crippen molar-refractivity contribution < 1.29 is 19.1 Å². The van der Waals surface area contributed by atoms with Crippen LogP contribution < -0.4 is 20.1 Å². The van der Waals surface area contributed by atoms with E-state index in [1.54, 1.807) is 24.4 Å². The average molecular weight is 348 g/mol. The maximum absolute atomic E-state index is 12.5. The van der Waals surface area contributed by atoms with Crippen LogP contribution in [0.3, 0.4) is 0 Å². The fourth-order valence-electron chi connectivity index (χ4n) is 2.20. The Bertz CT molecular complexity index is 810. The lowest BCUT2D eigenvalue weighted by Crippen LogP contribution is -2.25. The fourth-order valence-corrected chi connectivity index (χ4v) is 2.41. The summed E-state index contributed by atoms with van der Waals surface area (Å²) >= 11 is 6.17. The first-order valence-corrected chi connectivity index (χ1v) is 7.61. The summed E-state index contributed by atoms with van der Waals surface area (Å²) < 4.78 is 10.7. The number of nitrogens with one attached hydrogen (secondary N) is 2. The van der Waals surface area contributed by atoms with Gasteiger partial charge >= 0.3 is 0 Å². The van der Waals surface area contributed by atoms with E-state index in [1.807, 2.05) is 6.92 Å². The molecule has 0 unspecified atom stereocenters. The van der Waals surface area contributed by atoms with Crippen LogP contribution in [-0.4, -0.2) is 30.0 Å². The maximum atomic E-state index is 12.5. The van der Waals surface area contributed by atoms with E-state index in [9.17, 15) is 9.59 Å². The number of nitrogens with zero attached hydrogens (tertiary/aromatic N) is 1. The zero-order valence-electron chi connectivity index (χ0n) is 12.8. The van der Waals surface area contributed by atoms with E-state index >= 15 is 0 Å². The zero-order valence-corrected chi connectivity index (χ0v) is 13.5. The van der Waals surface area contributed by atoms with Crippen LogP contribution in [0.4, 0.5) is 11.4 Å². The number of carbonyl (C=O) groups is 2. The van der Waals surface area contributed by atoms with E-state index in [-0.39, 0.29) is 23.4 Å². The summed E-state index contributed by atoms with van der Waals surface area (Å²) in [7, 11) is 0. The molecule has 8 heteroatoms. The SMILES string of the molecule is CCOc1ncccc1C(=O)Nc1cc2c(cc1Cl)NC(=O)CO2. The molecule has 0 aliphatic carbocycles. The van der Waals surface area contributed by atoms with E-state index in [1.165, 1.54) is 6.07 Å². The highest BCUT2D eigenvalue weighted by Gasteiger charge is 2.20. The van der Waals surface area contributed by atoms with E-state index in [0.717, 1.165) is 0 Å². The summed E-state index contributed by atoms with van der Waals surface area (Å²) in [5.74, 6) is 0.0147. The van der Waals surface area contributed by atoms with Gasteiger partial charge in [0.05, 0.1) is 23.0 Å². The molecule has 0 saturated heterocycles. The van der Waals surface area contributed by atoms with Crippen LogP contribution in [0.15, 0.2) is 30.5 Å². The highest BCUT2D eigenvalue weighted by Crippen LogP contribution is 2.36. The van der Waals surface area contributed by atoms with Crippen molar-refractivity contribution in [2.45, 2.75) is 6.92 Å². The van der Waals surface area contributed by atoms with Gasteiger partial charge in [-0.25, -0.2) is 4.98 Å². The minimum atomic E-state index is -0.409. The summed E-state index contributed by atoms with van der Waals surface area (Å²) in [6.07, 6.45) is 1.55. The third kappa shape index (κ3) is 3.26. The van der Waals surface area contributed by atoms with Crippen molar-refractivity contribution in [3.63, 3.8) is 0 Å². The number of halogens is 1. The number of anilines is 2. The van der Waals surface area contributed by atoms with Crippen LogP contribution in [-0.2, 0) is 4.79 Å². The Morgan fingerprint density at radius 1 is 1.50 bits per heavy atom. The Labute approximate surface area is 142 Å². The van der Waals surface area contributed by atoms with Gasteiger partial charge in [0.1, 0.15) is 11.3 Å². The standard InChI is InChI=1S/C16H14ClN3O4/c1-2-23-16-9(4-3-5-18-16)15(22)20-11-7-13-12(6-10(11)17)19-14(21)8-24-13/h3-7H,2,8H2,1H3,(H,19,21)(H,20,22). The normalized spacial score (nSPS) is 12.7. The van der Waals surface area contributed by atoms with Gasteiger partial charge in [-0.2, -0.15) is 0 Å². The summed E-state index contributed by atoms with van der Waals surface area (Å²) in [5, 5.41) is 5.62. The number of ether oxygens (including phenoxy) is 2. The molecule has 3 rings (SSSR count). The van der Waals surface area contributed by atoms with Crippen molar-refractivity contribution >= 4 is 34.8 Å². The molecule has 0 saturated carbocycles.